The van der Waals surface area contributed by atoms with Crippen molar-refractivity contribution >= 4 is 11.0 Å². The van der Waals surface area contributed by atoms with Crippen molar-refractivity contribution in [1.29, 1.82) is 0 Å². The molecule has 2 aliphatic heterocycles. The van der Waals surface area contributed by atoms with Crippen molar-refractivity contribution in [3.63, 3.8) is 0 Å². The average molecular weight is 579 g/mol. The van der Waals surface area contributed by atoms with Crippen LogP contribution in [0.15, 0.2) is 57.7 Å². The van der Waals surface area contributed by atoms with E-state index in [0.717, 1.165) is 6.07 Å². The van der Waals surface area contributed by atoms with Gasteiger partial charge in [-0.15, -0.1) is 0 Å². The van der Waals surface area contributed by atoms with Gasteiger partial charge in [-0.25, -0.2) is 0 Å². The molecule has 2 aromatic carbocycles. The molecule has 10 atom stereocenters. The van der Waals surface area contributed by atoms with Gasteiger partial charge in [-0.05, 0) is 0 Å². The molecule has 0 aliphatic carbocycles. The Labute approximate surface area is 231 Å². The van der Waals surface area contributed by atoms with Gasteiger partial charge < -0.3 is 64.2 Å². The minimum atomic E-state index is -1.78. The largest absolute Gasteiger partial charge is 0.507 e. The van der Waals surface area contributed by atoms with Crippen LogP contribution in [-0.4, -0.2) is 115 Å². The van der Waals surface area contributed by atoms with Crippen LogP contribution in [0, 0.1) is 0 Å². The molecular weight excluding hydrogens is 548 g/mol. The molecule has 41 heavy (non-hydrogen) atoms. The van der Waals surface area contributed by atoms with Crippen molar-refractivity contribution in [2.45, 2.75) is 61.4 Å². The number of ether oxygens (including phenoxy) is 4. The van der Waals surface area contributed by atoms with E-state index in [-0.39, 0.29) is 22.5 Å². The second kappa shape index (κ2) is 12.0. The van der Waals surface area contributed by atoms with Crippen LogP contribution in [0.1, 0.15) is 0 Å². The average Bonchev–Trinajstić information content (AvgIpc) is 2.96. The van der Waals surface area contributed by atoms with Gasteiger partial charge in [-0.3, -0.25) is 4.79 Å². The number of hydrogen-bond donors (Lipinski definition) is 8. The van der Waals surface area contributed by atoms with Crippen molar-refractivity contribution in [2.75, 3.05) is 13.2 Å². The summed E-state index contributed by atoms with van der Waals surface area (Å²) >= 11 is 0. The number of aliphatic hydroxyl groups is 7. The van der Waals surface area contributed by atoms with Crippen molar-refractivity contribution in [3.8, 4) is 22.8 Å². The van der Waals surface area contributed by atoms with Gasteiger partial charge in [0.15, 0.2) is 11.7 Å². The predicted octanol–water partition coefficient (Wildman–Crippen LogP) is -1.83. The molecular formula is C27H30O14. The lowest BCUT2D eigenvalue weighted by Gasteiger charge is -2.42. The number of phenols is 1. The zero-order chi connectivity index (χ0) is 29.4. The first-order chi connectivity index (χ1) is 19.6. The quantitative estimate of drug-likeness (QED) is 0.154. The van der Waals surface area contributed by atoms with E-state index >= 15 is 0 Å². The summed E-state index contributed by atoms with van der Waals surface area (Å²) in [6.45, 7) is -1.23. The molecule has 0 bridgehead atoms. The Kier molecular flexibility index (Phi) is 8.58. The van der Waals surface area contributed by atoms with Crippen LogP contribution in [0.2, 0.25) is 0 Å². The van der Waals surface area contributed by atoms with E-state index < -0.39 is 85.8 Å². The highest BCUT2D eigenvalue weighted by Gasteiger charge is 2.48. The highest BCUT2D eigenvalue weighted by atomic mass is 16.7. The first kappa shape index (κ1) is 29.3. The molecule has 0 spiro atoms. The number of rotatable bonds is 7. The molecule has 0 amide bonds. The maximum atomic E-state index is 12.7. The lowest BCUT2D eigenvalue weighted by molar-refractivity contribution is -0.323. The van der Waals surface area contributed by atoms with Gasteiger partial charge in [0, 0.05) is 23.8 Å². The lowest BCUT2D eigenvalue weighted by atomic mass is 9.98. The molecule has 5 rings (SSSR count). The number of benzene rings is 2. The minimum absolute atomic E-state index is 0.0280. The van der Waals surface area contributed by atoms with E-state index in [1.807, 2.05) is 0 Å². The topological polar surface area (TPSA) is 229 Å². The summed E-state index contributed by atoms with van der Waals surface area (Å²) < 4.78 is 27.8. The minimum Gasteiger partial charge on any atom is -0.507 e. The zero-order valence-corrected chi connectivity index (χ0v) is 21.3. The second-order valence-corrected chi connectivity index (χ2v) is 9.82. The van der Waals surface area contributed by atoms with Crippen molar-refractivity contribution in [3.05, 3.63) is 58.8 Å². The summed E-state index contributed by atoms with van der Waals surface area (Å²) in [6.07, 6.45) is -16.0. The molecule has 222 valence electrons. The Balaban J connectivity index is 1.34. The zero-order valence-electron chi connectivity index (χ0n) is 21.3. The smallest absolute Gasteiger partial charge is 0.229 e. The maximum absolute atomic E-state index is 12.7. The van der Waals surface area contributed by atoms with Gasteiger partial charge in [-0.2, -0.15) is 0 Å². The predicted molar refractivity (Wildman–Crippen MR) is 137 cm³/mol. The fourth-order valence-corrected chi connectivity index (χ4v) is 4.74. The Morgan fingerprint density at radius 3 is 2.07 bits per heavy atom. The second-order valence-electron chi connectivity index (χ2n) is 9.82. The van der Waals surface area contributed by atoms with Crippen LogP contribution < -0.4 is 10.2 Å². The summed E-state index contributed by atoms with van der Waals surface area (Å²) in [6, 6.07) is 12.4. The van der Waals surface area contributed by atoms with E-state index in [4.69, 9.17) is 23.4 Å². The molecule has 2 fully saturated rings. The first-order valence-electron chi connectivity index (χ1n) is 12.7. The van der Waals surface area contributed by atoms with Gasteiger partial charge in [0.05, 0.1) is 13.2 Å². The molecule has 14 nitrogen and oxygen atoms in total. The lowest BCUT2D eigenvalue weighted by Crippen LogP contribution is -2.62. The van der Waals surface area contributed by atoms with Crippen LogP contribution in [0.4, 0.5) is 0 Å². The highest BCUT2D eigenvalue weighted by molar-refractivity contribution is 5.86. The van der Waals surface area contributed by atoms with Gasteiger partial charge in [-0.1, -0.05) is 30.3 Å². The van der Waals surface area contributed by atoms with E-state index in [2.05, 4.69) is 0 Å². The third-order valence-corrected chi connectivity index (χ3v) is 7.04. The molecule has 2 aliphatic rings. The SMILES string of the molecule is O=c1cc(-c2ccccc2)oc2cc(O[C@@H]3O[C@H](CO[C@@H]4O[C@H](CO)[C@H](O)[C@H](O)[C@H]4O)[C@@H](O)[C@H](O)[C@H]3O)cc(O)c12. The number of hydrogen-bond acceptors (Lipinski definition) is 14. The van der Waals surface area contributed by atoms with Crippen LogP contribution in [0.3, 0.4) is 0 Å². The Morgan fingerprint density at radius 1 is 0.756 bits per heavy atom. The van der Waals surface area contributed by atoms with Crippen LogP contribution in [0.25, 0.3) is 22.3 Å². The Bertz CT molecular complexity index is 1390. The molecule has 2 saturated heterocycles. The number of fused-ring (bicyclic) bond motifs is 1. The molecule has 0 unspecified atom stereocenters. The first-order valence-corrected chi connectivity index (χ1v) is 12.7. The van der Waals surface area contributed by atoms with E-state index in [1.165, 1.54) is 12.1 Å². The standard InChI is InChI=1S/C27H30O14/c28-9-17-20(31)22(33)24(35)26(40-17)37-10-18-21(32)23(34)25(36)27(41-18)38-12-6-13(29)19-14(30)8-15(39-16(19)7-12)11-4-2-1-3-5-11/h1-8,17-18,20-29,31-36H,9-10H2/t17-,18-,20+,21-,22+,23+,24-,25-,26-,27-/m1/s1. The molecule has 3 aromatic rings. The van der Waals surface area contributed by atoms with Crippen LogP contribution in [-0.2, 0) is 14.2 Å². The molecule has 0 saturated carbocycles. The molecule has 8 N–H and O–H groups in total. The van der Waals surface area contributed by atoms with Crippen LogP contribution >= 0.6 is 0 Å². The van der Waals surface area contributed by atoms with Crippen molar-refractivity contribution in [2.24, 2.45) is 0 Å². The number of aliphatic hydroxyl groups excluding tert-OH is 7. The van der Waals surface area contributed by atoms with Gasteiger partial charge >= 0.3 is 0 Å². The van der Waals surface area contributed by atoms with Gasteiger partial charge in [0.25, 0.3) is 0 Å². The van der Waals surface area contributed by atoms with E-state index in [9.17, 15) is 45.6 Å². The van der Waals surface area contributed by atoms with Crippen LogP contribution in [0.5, 0.6) is 11.5 Å². The third kappa shape index (κ3) is 5.80. The summed E-state index contributed by atoms with van der Waals surface area (Å²) in [5.74, 6) is -0.346. The number of aromatic hydroxyl groups is 1. The van der Waals surface area contributed by atoms with Gasteiger partial charge in [0.1, 0.15) is 77.1 Å². The maximum Gasteiger partial charge on any atom is 0.229 e. The van der Waals surface area contributed by atoms with Gasteiger partial charge in [0.2, 0.25) is 6.29 Å². The molecule has 1 aromatic heterocycles. The summed E-state index contributed by atoms with van der Waals surface area (Å²) in [4.78, 5) is 12.7. The normalized spacial score (nSPS) is 34.0. The fourth-order valence-electron chi connectivity index (χ4n) is 4.74. The van der Waals surface area contributed by atoms with E-state index in [0.29, 0.717) is 5.56 Å². The fraction of sp³-hybridized carbons (Fsp3) is 0.444. The Hall–Kier alpha value is -3.15. The third-order valence-electron chi connectivity index (χ3n) is 7.04. The van der Waals surface area contributed by atoms with Crippen molar-refractivity contribution in [1.82, 2.24) is 0 Å². The molecule has 3 heterocycles. The number of phenolic OH excluding ortho intramolecular Hbond substituents is 1. The van der Waals surface area contributed by atoms with Crippen molar-refractivity contribution < 1.29 is 64.2 Å². The Morgan fingerprint density at radius 2 is 1.39 bits per heavy atom. The summed E-state index contributed by atoms with van der Waals surface area (Å²) in [7, 11) is 0. The summed E-state index contributed by atoms with van der Waals surface area (Å²) in [5.41, 5.74) is 0.0782. The molecule has 0 radical (unpaired) electrons. The molecule has 14 heteroatoms. The van der Waals surface area contributed by atoms with E-state index in [1.54, 1.807) is 30.3 Å². The monoisotopic (exact) mass is 578 g/mol. The highest BCUT2D eigenvalue weighted by Crippen LogP contribution is 2.33. The summed E-state index contributed by atoms with van der Waals surface area (Å²) in [5, 5.41) is 81.2.